The molecule has 86 valence electrons. The Morgan fingerprint density at radius 2 is 2.12 bits per heavy atom. The Morgan fingerprint density at radius 1 is 1.38 bits per heavy atom. The average molecular weight is 237 g/mol. The van der Waals surface area contributed by atoms with Crippen molar-refractivity contribution >= 4 is 22.5 Å². The van der Waals surface area contributed by atoms with Gasteiger partial charge in [0.25, 0.3) is 0 Å². The number of rotatable bonds is 3. The average Bonchev–Trinajstić information content (AvgIpc) is 2.62. The van der Waals surface area contributed by atoms with Crippen LogP contribution in [0.3, 0.4) is 0 Å². The van der Waals surface area contributed by atoms with Crippen LogP contribution < -0.4 is 5.73 Å². The van der Waals surface area contributed by atoms with E-state index in [1.54, 1.807) is 0 Å². The quantitative estimate of drug-likeness (QED) is 0.841. The summed E-state index contributed by atoms with van der Waals surface area (Å²) in [6, 6.07) is 5.92. The van der Waals surface area contributed by atoms with Crippen LogP contribution in [-0.2, 0) is 0 Å². The van der Waals surface area contributed by atoms with E-state index in [4.69, 9.17) is 17.3 Å². The summed E-state index contributed by atoms with van der Waals surface area (Å²) in [4.78, 5) is 3.27. The molecule has 2 nitrogen and oxygen atoms in total. The molecule has 16 heavy (non-hydrogen) atoms. The number of aromatic nitrogens is 1. The Bertz CT molecular complexity index is 488. The molecule has 0 aliphatic rings. The zero-order valence-electron chi connectivity index (χ0n) is 9.63. The smallest absolute Gasteiger partial charge is 0.0457 e. The molecule has 0 saturated carbocycles. The molecular formula is C13H17ClN2. The van der Waals surface area contributed by atoms with Crippen LogP contribution in [0.2, 0.25) is 5.02 Å². The molecule has 1 atom stereocenters. The number of benzene rings is 1. The fourth-order valence-corrected chi connectivity index (χ4v) is 2.35. The van der Waals surface area contributed by atoms with Crippen molar-refractivity contribution in [3.05, 3.63) is 35.0 Å². The number of hydrogen-bond acceptors (Lipinski definition) is 1. The number of hydrogen-bond donors (Lipinski definition) is 2. The van der Waals surface area contributed by atoms with Gasteiger partial charge in [-0.15, -0.1) is 0 Å². The maximum absolute atomic E-state index is 6.03. The highest BCUT2D eigenvalue weighted by atomic mass is 35.5. The van der Waals surface area contributed by atoms with Gasteiger partial charge in [0.2, 0.25) is 0 Å². The summed E-state index contributed by atoms with van der Waals surface area (Å²) >= 11 is 6.03. The van der Waals surface area contributed by atoms with Crippen molar-refractivity contribution in [3.8, 4) is 0 Å². The highest BCUT2D eigenvalue weighted by Gasteiger charge is 2.17. The Balaban J connectivity index is 2.55. The first-order chi connectivity index (χ1) is 7.63. The van der Waals surface area contributed by atoms with E-state index in [0.717, 1.165) is 10.5 Å². The summed E-state index contributed by atoms with van der Waals surface area (Å²) < 4.78 is 0. The topological polar surface area (TPSA) is 41.8 Å². The highest BCUT2D eigenvalue weighted by molar-refractivity contribution is 6.31. The Morgan fingerprint density at radius 3 is 2.75 bits per heavy atom. The summed E-state index contributed by atoms with van der Waals surface area (Å²) in [5.41, 5.74) is 8.24. The van der Waals surface area contributed by atoms with Gasteiger partial charge in [0, 0.05) is 28.0 Å². The molecule has 3 heteroatoms. The predicted molar refractivity (Wildman–Crippen MR) is 69.9 cm³/mol. The SMILES string of the molecule is CC(C)C(CN)c1c[nH]c2ccc(Cl)cc12. The third-order valence-corrected chi connectivity index (χ3v) is 3.37. The molecule has 2 rings (SSSR count). The number of halogens is 1. The van der Waals surface area contributed by atoms with Crippen LogP contribution in [0, 0.1) is 5.92 Å². The molecule has 1 aromatic heterocycles. The summed E-state index contributed by atoms with van der Waals surface area (Å²) in [5.74, 6) is 0.912. The molecule has 0 bridgehead atoms. The summed E-state index contributed by atoms with van der Waals surface area (Å²) in [6.45, 7) is 5.05. The van der Waals surface area contributed by atoms with E-state index in [0.29, 0.717) is 18.4 Å². The second kappa shape index (κ2) is 4.48. The van der Waals surface area contributed by atoms with Crippen LogP contribution in [-0.4, -0.2) is 11.5 Å². The molecule has 1 heterocycles. The van der Waals surface area contributed by atoms with E-state index in [1.807, 2.05) is 18.2 Å². The molecule has 1 unspecified atom stereocenters. The lowest BCUT2D eigenvalue weighted by molar-refractivity contribution is 0.509. The lowest BCUT2D eigenvalue weighted by Gasteiger charge is -2.18. The second-order valence-electron chi connectivity index (χ2n) is 4.52. The van der Waals surface area contributed by atoms with E-state index in [9.17, 15) is 0 Å². The second-order valence-corrected chi connectivity index (χ2v) is 4.96. The fraction of sp³-hybridized carbons (Fsp3) is 0.385. The van der Waals surface area contributed by atoms with E-state index in [2.05, 4.69) is 25.0 Å². The minimum Gasteiger partial charge on any atom is -0.361 e. The van der Waals surface area contributed by atoms with Gasteiger partial charge in [0.15, 0.2) is 0 Å². The number of H-pyrrole nitrogens is 1. The van der Waals surface area contributed by atoms with Crippen molar-refractivity contribution in [1.29, 1.82) is 0 Å². The van der Waals surface area contributed by atoms with Gasteiger partial charge in [0.1, 0.15) is 0 Å². The molecule has 1 aromatic carbocycles. The molecule has 0 spiro atoms. The molecule has 3 N–H and O–H groups in total. The van der Waals surface area contributed by atoms with E-state index >= 15 is 0 Å². The number of nitrogens with one attached hydrogen (secondary N) is 1. The number of aromatic amines is 1. The fourth-order valence-electron chi connectivity index (χ4n) is 2.18. The standard InChI is InChI=1S/C13H17ClN2/c1-8(2)11(6-15)12-7-16-13-4-3-9(14)5-10(12)13/h3-5,7-8,11,16H,6,15H2,1-2H3. The monoisotopic (exact) mass is 236 g/mol. The van der Waals surface area contributed by atoms with Gasteiger partial charge in [-0.1, -0.05) is 25.4 Å². The van der Waals surface area contributed by atoms with Crippen molar-refractivity contribution in [2.75, 3.05) is 6.54 Å². The highest BCUT2D eigenvalue weighted by Crippen LogP contribution is 2.31. The summed E-state index contributed by atoms with van der Waals surface area (Å²) in [7, 11) is 0. The third kappa shape index (κ3) is 1.95. The minimum atomic E-state index is 0.382. The number of nitrogens with two attached hydrogens (primary N) is 1. The maximum Gasteiger partial charge on any atom is 0.0457 e. The largest absolute Gasteiger partial charge is 0.361 e. The van der Waals surface area contributed by atoms with Crippen LogP contribution in [0.25, 0.3) is 10.9 Å². The molecule has 0 aliphatic carbocycles. The van der Waals surface area contributed by atoms with Gasteiger partial charge in [-0.2, -0.15) is 0 Å². The summed E-state index contributed by atoms with van der Waals surface area (Å²) in [5, 5.41) is 1.96. The predicted octanol–water partition coefficient (Wildman–Crippen LogP) is 3.52. The van der Waals surface area contributed by atoms with Gasteiger partial charge in [-0.25, -0.2) is 0 Å². The van der Waals surface area contributed by atoms with Crippen molar-refractivity contribution in [2.45, 2.75) is 19.8 Å². The molecule has 0 amide bonds. The van der Waals surface area contributed by atoms with Crippen LogP contribution in [0.1, 0.15) is 25.3 Å². The number of fused-ring (bicyclic) bond motifs is 1. The van der Waals surface area contributed by atoms with Gasteiger partial charge >= 0.3 is 0 Å². The zero-order chi connectivity index (χ0) is 11.7. The van der Waals surface area contributed by atoms with Gasteiger partial charge in [-0.05, 0) is 36.2 Å². The molecule has 2 aromatic rings. The van der Waals surface area contributed by atoms with Crippen molar-refractivity contribution in [3.63, 3.8) is 0 Å². The lowest BCUT2D eigenvalue weighted by atomic mass is 9.88. The van der Waals surface area contributed by atoms with Crippen LogP contribution in [0.4, 0.5) is 0 Å². The molecule has 0 saturated heterocycles. The Labute approximate surface area is 101 Å². The minimum absolute atomic E-state index is 0.382. The zero-order valence-corrected chi connectivity index (χ0v) is 10.4. The van der Waals surface area contributed by atoms with E-state index < -0.39 is 0 Å². The molecule has 0 fully saturated rings. The normalized spacial score (nSPS) is 13.6. The first kappa shape index (κ1) is 11.5. The van der Waals surface area contributed by atoms with E-state index in [-0.39, 0.29) is 0 Å². The van der Waals surface area contributed by atoms with Gasteiger partial charge < -0.3 is 10.7 Å². The first-order valence-corrected chi connectivity index (χ1v) is 5.98. The first-order valence-electron chi connectivity index (χ1n) is 5.60. The molecular weight excluding hydrogens is 220 g/mol. The van der Waals surface area contributed by atoms with Crippen molar-refractivity contribution < 1.29 is 0 Å². The van der Waals surface area contributed by atoms with E-state index in [1.165, 1.54) is 10.9 Å². The lowest BCUT2D eigenvalue weighted by Crippen LogP contribution is -2.17. The Hall–Kier alpha value is -0.990. The van der Waals surface area contributed by atoms with Crippen LogP contribution in [0.15, 0.2) is 24.4 Å². The third-order valence-electron chi connectivity index (χ3n) is 3.13. The summed E-state index contributed by atoms with van der Waals surface area (Å²) in [6.07, 6.45) is 2.05. The van der Waals surface area contributed by atoms with Gasteiger partial charge in [-0.3, -0.25) is 0 Å². The van der Waals surface area contributed by atoms with Crippen LogP contribution >= 0.6 is 11.6 Å². The Kier molecular flexibility index (Phi) is 3.22. The molecule has 0 radical (unpaired) electrons. The van der Waals surface area contributed by atoms with Crippen LogP contribution in [0.5, 0.6) is 0 Å². The maximum atomic E-state index is 6.03. The van der Waals surface area contributed by atoms with Gasteiger partial charge in [0.05, 0.1) is 0 Å². The van der Waals surface area contributed by atoms with Crippen molar-refractivity contribution in [2.24, 2.45) is 11.7 Å². The molecule has 0 aliphatic heterocycles. The van der Waals surface area contributed by atoms with Crippen molar-refractivity contribution in [1.82, 2.24) is 4.98 Å².